The molecule has 0 fully saturated rings. The van der Waals surface area contributed by atoms with Gasteiger partial charge in [-0.25, -0.2) is 13.1 Å². The Hall–Kier alpha value is -0.490. The molecular formula is C12H17Cl2NO3S. The fourth-order valence-corrected chi connectivity index (χ4v) is 3.45. The van der Waals surface area contributed by atoms with Crippen molar-refractivity contribution in [1.82, 2.24) is 4.72 Å². The topological polar surface area (TPSA) is 55.4 Å². The molecule has 0 aliphatic heterocycles. The predicted molar refractivity (Wildman–Crippen MR) is 77.7 cm³/mol. The second kappa shape index (κ2) is 7.33. The van der Waals surface area contributed by atoms with E-state index in [0.717, 1.165) is 19.3 Å². The number of methoxy groups -OCH3 is 1. The minimum absolute atomic E-state index is 0.0241. The van der Waals surface area contributed by atoms with Crippen molar-refractivity contribution in [1.29, 1.82) is 0 Å². The summed E-state index contributed by atoms with van der Waals surface area (Å²) in [4.78, 5) is -0.0311. The number of nitrogens with one attached hydrogen (secondary N) is 1. The molecule has 1 aromatic carbocycles. The third-order valence-electron chi connectivity index (χ3n) is 2.59. The van der Waals surface area contributed by atoms with Gasteiger partial charge in [0, 0.05) is 6.54 Å². The Kier molecular flexibility index (Phi) is 6.39. The first-order valence-electron chi connectivity index (χ1n) is 5.95. The summed E-state index contributed by atoms with van der Waals surface area (Å²) in [6.07, 6.45) is 2.79. The zero-order chi connectivity index (χ0) is 14.5. The summed E-state index contributed by atoms with van der Waals surface area (Å²) in [5, 5.41) is 0.0737. The van der Waals surface area contributed by atoms with E-state index >= 15 is 0 Å². The Morgan fingerprint density at radius 2 is 1.89 bits per heavy atom. The van der Waals surface area contributed by atoms with E-state index in [1.165, 1.54) is 19.2 Å². The van der Waals surface area contributed by atoms with Crippen molar-refractivity contribution in [2.45, 2.75) is 31.1 Å². The molecule has 1 N–H and O–H groups in total. The highest BCUT2D eigenvalue weighted by Gasteiger charge is 2.21. The normalized spacial score (nSPS) is 11.6. The highest BCUT2D eigenvalue weighted by atomic mass is 35.5. The van der Waals surface area contributed by atoms with Gasteiger partial charge in [-0.15, -0.1) is 0 Å². The van der Waals surface area contributed by atoms with Gasteiger partial charge in [-0.3, -0.25) is 0 Å². The summed E-state index contributed by atoms with van der Waals surface area (Å²) in [7, 11) is -2.20. The van der Waals surface area contributed by atoms with Crippen molar-refractivity contribution >= 4 is 33.2 Å². The van der Waals surface area contributed by atoms with Crippen LogP contribution in [0.2, 0.25) is 10.0 Å². The molecule has 1 aromatic rings. The number of unbranched alkanes of at least 4 members (excludes halogenated alkanes) is 2. The summed E-state index contributed by atoms with van der Waals surface area (Å²) < 4.78 is 31.6. The Labute approximate surface area is 124 Å². The number of hydrogen-bond acceptors (Lipinski definition) is 3. The first-order chi connectivity index (χ1) is 8.94. The zero-order valence-corrected chi connectivity index (χ0v) is 13.2. The molecule has 0 unspecified atom stereocenters. The summed E-state index contributed by atoms with van der Waals surface area (Å²) in [6.45, 7) is 2.44. The van der Waals surface area contributed by atoms with Gasteiger partial charge in [0.1, 0.15) is 15.7 Å². The van der Waals surface area contributed by atoms with Gasteiger partial charge in [-0.05, 0) is 18.6 Å². The van der Waals surface area contributed by atoms with E-state index in [9.17, 15) is 8.42 Å². The lowest BCUT2D eigenvalue weighted by molar-refractivity contribution is 0.414. The van der Waals surface area contributed by atoms with Crippen LogP contribution < -0.4 is 9.46 Å². The highest BCUT2D eigenvalue weighted by Crippen LogP contribution is 2.36. The molecule has 0 atom stereocenters. The summed E-state index contributed by atoms with van der Waals surface area (Å²) in [5.41, 5.74) is 0. The number of halogens is 2. The first-order valence-corrected chi connectivity index (χ1v) is 8.19. The number of sulfonamides is 1. The average Bonchev–Trinajstić information content (AvgIpc) is 2.37. The Morgan fingerprint density at radius 1 is 1.21 bits per heavy atom. The van der Waals surface area contributed by atoms with Crippen LogP contribution in [0.25, 0.3) is 0 Å². The second-order valence-electron chi connectivity index (χ2n) is 4.00. The van der Waals surface area contributed by atoms with Crippen LogP contribution in [0.4, 0.5) is 0 Å². The molecule has 108 valence electrons. The molecule has 0 saturated heterocycles. The highest BCUT2D eigenvalue weighted by molar-refractivity contribution is 7.89. The maximum absolute atomic E-state index is 12.1. The Balaban J connectivity index is 2.93. The minimum atomic E-state index is -3.64. The monoisotopic (exact) mass is 325 g/mol. The number of ether oxygens (including phenoxy) is 1. The molecule has 4 nitrogen and oxygen atoms in total. The minimum Gasteiger partial charge on any atom is -0.495 e. The molecule has 0 amide bonds. The van der Waals surface area contributed by atoms with E-state index in [0.29, 0.717) is 12.3 Å². The fraction of sp³-hybridized carbons (Fsp3) is 0.500. The standard InChI is InChI=1S/C12H17Cl2NO3S/c1-3-4-5-8-15-19(16,17)10-7-6-9(18-2)11(13)12(10)14/h6-7,15H,3-5,8H2,1-2H3. The lowest BCUT2D eigenvalue weighted by Gasteiger charge is -2.11. The largest absolute Gasteiger partial charge is 0.495 e. The third kappa shape index (κ3) is 4.24. The second-order valence-corrected chi connectivity index (χ2v) is 6.49. The molecule has 7 heteroatoms. The molecule has 0 saturated carbocycles. The quantitative estimate of drug-likeness (QED) is 0.781. The van der Waals surface area contributed by atoms with Gasteiger partial charge < -0.3 is 4.74 Å². The maximum atomic E-state index is 12.1. The van der Waals surface area contributed by atoms with E-state index < -0.39 is 10.0 Å². The maximum Gasteiger partial charge on any atom is 0.242 e. The van der Waals surface area contributed by atoms with E-state index in [1.54, 1.807) is 0 Å². The molecule has 0 bridgehead atoms. The Morgan fingerprint density at radius 3 is 2.47 bits per heavy atom. The zero-order valence-electron chi connectivity index (χ0n) is 10.9. The average molecular weight is 326 g/mol. The molecule has 0 aromatic heterocycles. The SMILES string of the molecule is CCCCCNS(=O)(=O)c1ccc(OC)c(Cl)c1Cl. The van der Waals surface area contributed by atoms with E-state index in [2.05, 4.69) is 11.6 Å². The van der Waals surface area contributed by atoms with Crippen molar-refractivity contribution in [3.05, 3.63) is 22.2 Å². The van der Waals surface area contributed by atoms with Crippen molar-refractivity contribution < 1.29 is 13.2 Å². The van der Waals surface area contributed by atoms with Crippen LogP contribution in [-0.2, 0) is 10.0 Å². The third-order valence-corrected chi connectivity index (χ3v) is 5.07. The number of benzene rings is 1. The smallest absolute Gasteiger partial charge is 0.242 e. The van der Waals surface area contributed by atoms with Gasteiger partial charge in [-0.1, -0.05) is 43.0 Å². The molecule has 0 aliphatic rings. The van der Waals surface area contributed by atoms with E-state index in [-0.39, 0.29) is 14.9 Å². The summed E-state index contributed by atoms with van der Waals surface area (Å²) in [5.74, 6) is 0.344. The predicted octanol–water partition coefficient (Wildman–Crippen LogP) is 3.47. The molecule has 0 aliphatic carbocycles. The lowest BCUT2D eigenvalue weighted by Crippen LogP contribution is -2.25. The van der Waals surface area contributed by atoms with Gasteiger partial charge in [0.25, 0.3) is 0 Å². The van der Waals surface area contributed by atoms with Crippen LogP contribution in [0.15, 0.2) is 17.0 Å². The molecule has 19 heavy (non-hydrogen) atoms. The summed E-state index contributed by atoms with van der Waals surface area (Å²) in [6, 6.07) is 2.87. The Bertz CT molecular complexity index is 532. The first kappa shape index (κ1) is 16.6. The molecule has 0 heterocycles. The van der Waals surface area contributed by atoms with Crippen molar-refractivity contribution in [3.8, 4) is 5.75 Å². The van der Waals surface area contributed by atoms with Crippen LogP contribution in [0, 0.1) is 0 Å². The molecular weight excluding hydrogens is 309 g/mol. The van der Waals surface area contributed by atoms with Gasteiger partial charge in [0.05, 0.1) is 12.1 Å². The van der Waals surface area contributed by atoms with Crippen LogP contribution in [0.1, 0.15) is 26.2 Å². The summed E-state index contributed by atoms with van der Waals surface area (Å²) >= 11 is 11.9. The van der Waals surface area contributed by atoms with Crippen LogP contribution >= 0.6 is 23.2 Å². The molecule has 1 rings (SSSR count). The van der Waals surface area contributed by atoms with Crippen molar-refractivity contribution in [3.63, 3.8) is 0 Å². The van der Waals surface area contributed by atoms with Crippen LogP contribution in [-0.4, -0.2) is 22.1 Å². The lowest BCUT2D eigenvalue weighted by atomic mass is 10.3. The van der Waals surface area contributed by atoms with Crippen LogP contribution in [0.5, 0.6) is 5.75 Å². The number of rotatable bonds is 7. The fourth-order valence-electron chi connectivity index (χ4n) is 1.54. The van der Waals surface area contributed by atoms with Crippen molar-refractivity contribution in [2.75, 3.05) is 13.7 Å². The number of hydrogen-bond donors (Lipinski definition) is 1. The molecule has 0 radical (unpaired) electrons. The van der Waals surface area contributed by atoms with E-state index in [4.69, 9.17) is 27.9 Å². The van der Waals surface area contributed by atoms with Gasteiger partial charge in [0.2, 0.25) is 10.0 Å². The van der Waals surface area contributed by atoms with Crippen molar-refractivity contribution in [2.24, 2.45) is 0 Å². The van der Waals surface area contributed by atoms with Crippen LogP contribution in [0.3, 0.4) is 0 Å². The van der Waals surface area contributed by atoms with Gasteiger partial charge in [-0.2, -0.15) is 0 Å². The van der Waals surface area contributed by atoms with Gasteiger partial charge in [0.15, 0.2) is 0 Å². The van der Waals surface area contributed by atoms with Gasteiger partial charge >= 0.3 is 0 Å². The molecule has 0 spiro atoms. The van der Waals surface area contributed by atoms with E-state index in [1.807, 2.05) is 0 Å².